The zero-order valence-corrected chi connectivity index (χ0v) is 10.8. The molecule has 0 aromatic carbocycles. The fourth-order valence-electron chi connectivity index (χ4n) is 1.98. The topological polar surface area (TPSA) is 47.1 Å². The fourth-order valence-corrected chi connectivity index (χ4v) is 1.98. The van der Waals surface area contributed by atoms with E-state index in [0.29, 0.717) is 12.1 Å². The summed E-state index contributed by atoms with van der Waals surface area (Å²) in [6.07, 6.45) is 3.17. The zero-order chi connectivity index (χ0) is 10.8. The van der Waals surface area contributed by atoms with Gasteiger partial charge in [0.15, 0.2) is 0 Å². The maximum absolute atomic E-state index is 5.86. The van der Waals surface area contributed by atoms with Crippen LogP contribution in [-0.2, 0) is 6.54 Å². The van der Waals surface area contributed by atoms with E-state index in [9.17, 15) is 0 Å². The van der Waals surface area contributed by atoms with Gasteiger partial charge in [-0.3, -0.25) is 9.58 Å². The lowest BCUT2D eigenvalue weighted by molar-refractivity contribution is 0.320. The second-order valence-corrected chi connectivity index (χ2v) is 4.66. The molecule has 0 bridgehead atoms. The third-order valence-electron chi connectivity index (χ3n) is 2.89. The summed E-state index contributed by atoms with van der Waals surface area (Å²) in [7, 11) is 0. The van der Waals surface area contributed by atoms with Gasteiger partial charge in [0.1, 0.15) is 0 Å². The summed E-state index contributed by atoms with van der Waals surface area (Å²) < 4.78 is 2.01. The van der Waals surface area contributed by atoms with Crippen molar-refractivity contribution in [1.29, 1.82) is 0 Å². The average molecular weight is 245 g/mol. The van der Waals surface area contributed by atoms with Gasteiger partial charge in [-0.25, -0.2) is 0 Å². The predicted octanol–water partition coefficient (Wildman–Crippen LogP) is 1.42. The quantitative estimate of drug-likeness (QED) is 0.875. The van der Waals surface area contributed by atoms with Gasteiger partial charge in [0, 0.05) is 37.9 Å². The molecule has 2 rings (SSSR count). The molecule has 0 unspecified atom stereocenters. The maximum atomic E-state index is 5.86. The van der Waals surface area contributed by atoms with Crippen molar-refractivity contribution in [2.45, 2.75) is 38.9 Å². The van der Waals surface area contributed by atoms with E-state index in [0.717, 1.165) is 31.7 Å². The van der Waals surface area contributed by atoms with Crippen LogP contribution < -0.4 is 5.73 Å². The second-order valence-electron chi connectivity index (χ2n) is 4.66. The second kappa shape index (κ2) is 5.66. The summed E-state index contributed by atoms with van der Waals surface area (Å²) in [6.45, 7) is 7.34. The summed E-state index contributed by atoms with van der Waals surface area (Å²) in [6, 6.07) is 2.90. The Bertz CT molecular complexity index is 324. The Morgan fingerprint density at radius 2 is 2.31 bits per heavy atom. The third-order valence-corrected chi connectivity index (χ3v) is 2.89. The smallest absolute Gasteiger partial charge is 0.0764 e. The van der Waals surface area contributed by atoms with Crippen molar-refractivity contribution in [3.05, 3.63) is 18.0 Å². The van der Waals surface area contributed by atoms with Gasteiger partial charge in [0.2, 0.25) is 0 Å². The minimum Gasteiger partial charge on any atom is -0.326 e. The maximum Gasteiger partial charge on any atom is 0.0764 e. The summed E-state index contributed by atoms with van der Waals surface area (Å²) >= 11 is 0. The summed E-state index contributed by atoms with van der Waals surface area (Å²) in [5.41, 5.74) is 7.02. The van der Waals surface area contributed by atoms with E-state index in [2.05, 4.69) is 36.1 Å². The highest BCUT2D eigenvalue weighted by Crippen LogP contribution is 2.12. The van der Waals surface area contributed by atoms with Crippen molar-refractivity contribution in [3.8, 4) is 0 Å². The highest BCUT2D eigenvalue weighted by atomic mass is 35.5. The Morgan fingerprint density at radius 1 is 1.56 bits per heavy atom. The first kappa shape index (κ1) is 13.5. The van der Waals surface area contributed by atoms with Crippen molar-refractivity contribution in [3.63, 3.8) is 0 Å². The molecule has 1 aliphatic rings. The molecule has 92 valence electrons. The SMILES string of the molecule is CC(C)n1ccc(CN2CC[C@H](N)C2)n1.Cl. The molecule has 2 N–H and O–H groups in total. The Kier molecular flexibility index (Phi) is 4.77. The lowest BCUT2D eigenvalue weighted by Gasteiger charge is -2.13. The molecule has 1 aliphatic heterocycles. The van der Waals surface area contributed by atoms with E-state index in [-0.39, 0.29) is 12.4 Å². The minimum absolute atomic E-state index is 0. The van der Waals surface area contributed by atoms with Crippen LogP contribution in [0.15, 0.2) is 12.3 Å². The first-order chi connectivity index (χ1) is 7.15. The molecule has 5 heteroatoms. The molecule has 0 amide bonds. The van der Waals surface area contributed by atoms with Gasteiger partial charge in [-0.1, -0.05) is 0 Å². The van der Waals surface area contributed by atoms with Crippen molar-refractivity contribution in [1.82, 2.24) is 14.7 Å². The molecule has 0 radical (unpaired) electrons. The molecule has 4 nitrogen and oxygen atoms in total. The molecule has 1 saturated heterocycles. The lowest BCUT2D eigenvalue weighted by Crippen LogP contribution is -2.26. The van der Waals surface area contributed by atoms with Crippen LogP contribution in [0.2, 0.25) is 0 Å². The molecule has 1 aromatic heterocycles. The average Bonchev–Trinajstić information content (AvgIpc) is 2.76. The van der Waals surface area contributed by atoms with E-state index >= 15 is 0 Å². The number of halogens is 1. The van der Waals surface area contributed by atoms with Crippen LogP contribution in [0.3, 0.4) is 0 Å². The highest BCUT2D eigenvalue weighted by Gasteiger charge is 2.19. The highest BCUT2D eigenvalue weighted by molar-refractivity contribution is 5.85. The number of likely N-dealkylation sites (tertiary alicyclic amines) is 1. The fraction of sp³-hybridized carbons (Fsp3) is 0.727. The number of hydrogen-bond acceptors (Lipinski definition) is 3. The monoisotopic (exact) mass is 244 g/mol. The third kappa shape index (κ3) is 3.20. The molecule has 0 aliphatic carbocycles. The van der Waals surface area contributed by atoms with E-state index in [1.54, 1.807) is 0 Å². The van der Waals surface area contributed by atoms with E-state index in [4.69, 9.17) is 5.73 Å². The summed E-state index contributed by atoms with van der Waals surface area (Å²) in [5.74, 6) is 0. The van der Waals surface area contributed by atoms with Crippen LogP contribution in [0, 0.1) is 0 Å². The van der Waals surface area contributed by atoms with Gasteiger partial charge in [-0.15, -0.1) is 12.4 Å². The van der Waals surface area contributed by atoms with Crippen molar-refractivity contribution in [2.75, 3.05) is 13.1 Å². The normalized spacial score (nSPS) is 21.4. The molecule has 0 spiro atoms. The molecule has 1 aromatic rings. The predicted molar refractivity (Wildman–Crippen MR) is 67.7 cm³/mol. The van der Waals surface area contributed by atoms with Crippen LogP contribution in [0.25, 0.3) is 0 Å². The molecular weight excluding hydrogens is 224 g/mol. The standard InChI is InChI=1S/C11H20N4.ClH/c1-9(2)15-6-4-11(13-15)8-14-5-3-10(12)7-14;/h4,6,9-10H,3,5,7-8,12H2,1-2H3;1H/t10-;/m0./s1. The van der Waals surface area contributed by atoms with E-state index < -0.39 is 0 Å². The van der Waals surface area contributed by atoms with Gasteiger partial charge < -0.3 is 5.73 Å². The number of rotatable bonds is 3. The van der Waals surface area contributed by atoms with Gasteiger partial charge in [0.25, 0.3) is 0 Å². The molecule has 1 atom stereocenters. The largest absolute Gasteiger partial charge is 0.326 e. The van der Waals surface area contributed by atoms with Crippen LogP contribution in [0.4, 0.5) is 0 Å². The van der Waals surface area contributed by atoms with Crippen LogP contribution in [-0.4, -0.2) is 33.8 Å². The Morgan fingerprint density at radius 3 is 2.81 bits per heavy atom. The molecule has 16 heavy (non-hydrogen) atoms. The molecule has 2 heterocycles. The van der Waals surface area contributed by atoms with Gasteiger partial charge >= 0.3 is 0 Å². The van der Waals surface area contributed by atoms with Crippen LogP contribution >= 0.6 is 12.4 Å². The van der Waals surface area contributed by atoms with Crippen molar-refractivity contribution in [2.24, 2.45) is 5.73 Å². The molecule has 1 fully saturated rings. The lowest BCUT2D eigenvalue weighted by atomic mass is 10.3. The Labute approximate surface area is 103 Å². The number of hydrogen-bond donors (Lipinski definition) is 1. The van der Waals surface area contributed by atoms with Gasteiger partial charge in [-0.05, 0) is 26.3 Å². The molecular formula is C11H21ClN4. The van der Waals surface area contributed by atoms with E-state index in [1.807, 2.05) is 4.68 Å². The van der Waals surface area contributed by atoms with Gasteiger partial charge in [-0.2, -0.15) is 5.10 Å². The van der Waals surface area contributed by atoms with Crippen LogP contribution in [0.1, 0.15) is 32.0 Å². The van der Waals surface area contributed by atoms with Crippen molar-refractivity contribution < 1.29 is 0 Å². The Hall–Kier alpha value is -0.580. The first-order valence-corrected chi connectivity index (χ1v) is 5.67. The van der Waals surface area contributed by atoms with Crippen LogP contribution in [0.5, 0.6) is 0 Å². The van der Waals surface area contributed by atoms with E-state index in [1.165, 1.54) is 0 Å². The first-order valence-electron chi connectivity index (χ1n) is 5.67. The summed E-state index contributed by atoms with van der Waals surface area (Å²) in [4.78, 5) is 2.37. The minimum atomic E-state index is 0. The Balaban J connectivity index is 0.00000128. The van der Waals surface area contributed by atoms with Crippen molar-refractivity contribution >= 4 is 12.4 Å². The number of nitrogens with two attached hydrogens (primary N) is 1. The van der Waals surface area contributed by atoms with Gasteiger partial charge in [0.05, 0.1) is 5.69 Å². The molecule has 0 saturated carbocycles. The summed E-state index contributed by atoms with van der Waals surface area (Å²) in [5, 5.41) is 4.53. The zero-order valence-electron chi connectivity index (χ0n) is 9.97. The number of aromatic nitrogens is 2. The number of nitrogens with zero attached hydrogens (tertiary/aromatic N) is 3.